The van der Waals surface area contributed by atoms with Crippen LogP contribution in [0.25, 0.3) is 5.65 Å². The van der Waals surface area contributed by atoms with Crippen molar-refractivity contribution in [3.8, 4) is 12.3 Å². The summed E-state index contributed by atoms with van der Waals surface area (Å²) in [5, 5.41) is 9.26. The van der Waals surface area contributed by atoms with Gasteiger partial charge in [0.1, 0.15) is 5.65 Å². The molecule has 7 heteroatoms. The zero-order chi connectivity index (χ0) is 15.4. The van der Waals surface area contributed by atoms with Crippen molar-refractivity contribution in [2.24, 2.45) is 0 Å². The predicted octanol–water partition coefficient (Wildman–Crippen LogP) is 0.868. The first-order valence-corrected chi connectivity index (χ1v) is 6.43. The van der Waals surface area contributed by atoms with E-state index >= 15 is 0 Å². The second-order valence-corrected chi connectivity index (χ2v) is 4.84. The molecule has 0 saturated heterocycles. The Bertz CT molecular complexity index is 779. The first-order chi connectivity index (χ1) is 9.99. The minimum absolute atomic E-state index is 0.161. The van der Waals surface area contributed by atoms with Crippen LogP contribution in [0.3, 0.4) is 0 Å². The summed E-state index contributed by atoms with van der Waals surface area (Å²) in [4.78, 5) is 28.6. The van der Waals surface area contributed by atoms with Gasteiger partial charge in [0.15, 0.2) is 0 Å². The van der Waals surface area contributed by atoms with E-state index in [1.54, 1.807) is 12.1 Å². The summed E-state index contributed by atoms with van der Waals surface area (Å²) in [5.74, 6) is 1.40. The van der Waals surface area contributed by atoms with Gasteiger partial charge in [0.2, 0.25) is 0 Å². The summed E-state index contributed by atoms with van der Waals surface area (Å²) < 4.78 is 1.33. The monoisotopic (exact) mass is 305 g/mol. The van der Waals surface area contributed by atoms with Crippen LogP contribution in [-0.2, 0) is 11.3 Å². The average Bonchev–Trinajstić information content (AvgIpc) is 2.39. The van der Waals surface area contributed by atoms with E-state index in [-0.39, 0.29) is 25.2 Å². The lowest BCUT2D eigenvalue weighted by molar-refractivity contribution is -0.138. The summed E-state index contributed by atoms with van der Waals surface area (Å²) in [5.41, 5.74) is 0.616. The fourth-order valence-corrected chi connectivity index (χ4v) is 2.08. The Morgan fingerprint density at radius 2 is 2.29 bits per heavy atom. The van der Waals surface area contributed by atoms with Gasteiger partial charge in [-0.05, 0) is 12.1 Å². The standard InChI is InChI=1S/C14H12ClN3O3/c1-2-5-17(9-14(20)21)8-11-6-13(19)18-7-10(15)3-4-12(18)16-11/h1,3-4,6-7H,5,8-9H2,(H,20,21). The zero-order valence-electron chi connectivity index (χ0n) is 11.0. The van der Waals surface area contributed by atoms with Crippen molar-refractivity contribution < 1.29 is 9.90 Å². The maximum Gasteiger partial charge on any atom is 0.317 e. The van der Waals surface area contributed by atoms with E-state index in [9.17, 15) is 9.59 Å². The molecule has 0 aromatic carbocycles. The van der Waals surface area contributed by atoms with E-state index < -0.39 is 5.97 Å². The highest BCUT2D eigenvalue weighted by Crippen LogP contribution is 2.09. The van der Waals surface area contributed by atoms with Crippen molar-refractivity contribution >= 4 is 23.2 Å². The van der Waals surface area contributed by atoms with Crippen LogP contribution < -0.4 is 5.56 Å². The van der Waals surface area contributed by atoms with Gasteiger partial charge in [-0.1, -0.05) is 17.5 Å². The fourth-order valence-electron chi connectivity index (χ4n) is 1.92. The van der Waals surface area contributed by atoms with Crippen LogP contribution >= 0.6 is 11.6 Å². The van der Waals surface area contributed by atoms with E-state index in [0.717, 1.165) is 0 Å². The lowest BCUT2D eigenvalue weighted by Gasteiger charge is -2.16. The van der Waals surface area contributed by atoms with E-state index in [1.165, 1.54) is 21.6 Å². The molecule has 0 fully saturated rings. The third kappa shape index (κ3) is 3.81. The molecule has 0 unspecified atom stereocenters. The van der Waals surface area contributed by atoms with E-state index in [4.69, 9.17) is 23.1 Å². The van der Waals surface area contributed by atoms with E-state index in [0.29, 0.717) is 16.4 Å². The molecule has 0 atom stereocenters. The Hall–Kier alpha value is -2.36. The number of aromatic nitrogens is 2. The molecule has 0 amide bonds. The molecular formula is C14H12ClN3O3. The second-order valence-electron chi connectivity index (χ2n) is 4.40. The van der Waals surface area contributed by atoms with Gasteiger partial charge in [-0.15, -0.1) is 6.42 Å². The van der Waals surface area contributed by atoms with Crippen molar-refractivity contribution in [1.29, 1.82) is 0 Å². The van der Waals surface area contributed by atoms with Crippen molar-refractivity contribution in [3.63, 3.8) is 0 Å². The number of rotatable bonds is 5. The molecule has 6 nitrogen and oxygen atoms in total. The molecule has 0 aliphatic carbocycles. The Morgan fingerprint density at radius 1 is 1.52 bits per heavy atom. The van der Waals surface area contributed by atoms with Gasteiger partial charge in [-0.3, -0.25) is 18.9 Å². The Balaban J connectivity index is 2.34. The molecule has 0 radical (unpaired) electrons. The molecule has 0 bridgehead atoms. The quantitative estimate of drug-likeness (QED) is 0.830. The number of terminal acetylenes is 1. The summed E-state index contributed by atoms with van der Waals surface area (Å²) in [6.45, 7) is 0.130. The Labute approximate surface area is 125 Å². The molecule has 0 saturated carbocycles. The van der Waals surface area contributed by atoms with Crippen molar-refractivity contribution in [1.82, 2.24) is 14.3 Å². The first-order valence-electron chi connectivity index (χ1n) is 6.05. The number of fused-ring (bicyclic) bond motifs is 1. The summed E-state index contributed by atoms with van der Waals surface area (Å²) in [7, 11) is 0. The number of nitrogens with zero attached hydrogens (tertiary/aromatic N) is 3. The first kappa shape index (κ1) is 15.0. The molecular weight excluding hydrogens is 294 g/mol. The highest BCUT2D eigenvalue weighted by Gasteiger charge is 2.11. The lowest BCUT2D eigenvalue weighted by atomic mass is 10.3. The maximum absolute atomic E-state index is 12.0. The van der Waals surface area contributed by atoms with Crippen molar-refractivity contribution in [2.75, 3.05) is 13.1 Å². The molecule has 0 aliphatic rings. The molecule has 2 aromatic heterocycles. The van der Waals surface area contributed by atoms with Crippen molar-refractivity contribution in [2.45, 2.75) is 6.54 Å². The SMILES string of the molecule is C#CCN(CC(=O)O)Cc1cc(=O)n2cc(Cl)ccc2n1. The minimum Gasteiger partial charge on any atom is -0.480 e. The maximum atomic E-state index is 12.0. The number of pyridine rings is 1. The third-order valence-electron chi connectivity index (χ3n) is 2.74. The van der Waals surface area contributed by atoms with Gasteiger partial charge in [-0.25, -0.2) is 4.98 Å². The number of hydrogen-bond donors (Lipinski definition) is 1. The van der Waals surface area contributed by atoms with Gasteiger partial charge >= 0.3 is 5.97 Å². The third-order valence-corrected chi connectivity index (χ3v) is 2.96. The van der Waals surface area contributed by atoms with Gasteiger partial charge in [0, 0.05) is 18.8 Å². The number of hydrogen-bond acceptors (Lipinski definition) is 4. The molecule has 108 valence electrons. The smallest absolute Gasteiger partial charge is 0.317 e. The molecule has 21 heavy (non-hydrogen) atoms. The number of carbonyl (C=O) groups is 1. The van der Waals surface area contributed by atoms with Gasteiger partial charge < -0.3 is 5.11 Å². The summed E-state index contributed by atoms with van der Waals surface area (Å²) >= 11 is 5.83. The molecule has 2 heterocycles. The second kappa shape index (κ2) is 6.39. The molecule has 0 aliphatic heterocycles. The average molecular weight is 306 g/mol. The molecule has 2 aromatic rings. The van der Waals surface area contributed by atoms with Gasteiger partial charge in [-0.2, -0.15) is 0 Å². The minimum atomic E-state index is -0.991. The number of halogens is 1. The predicted molar refractivity (Wildman–Crippen MR) is 78.2 cm³/mol. The van der Waals surface area contributed by atoms with Crippen molar-refractivity contribution in [3.05, 3.63) is 45.5 Å². The zero-order valence-corrected chi connectivity index (χ0v) is 11.7. The van der Waals surface area contributed by atoms with Crippen LogP contribution in [0.2, 0.25) is 5.02 Å². The summed E-state index contributed by atoms with van der Waals surface area (Å²) in [6, 6.07) is 4.59. The Kier molecular flexibility index (Phi) is 4.58. The fraction of sp³-hybridized carbons (Fsp3) is 0.214. The summed E-state index contributed by atoms with van der Waals surface area (Å²) in [6.07, 6.45) is 6.69. The Morgan fingerprint density at radius 3 is 2.95 bits per heavy atom. The highest BCUT2D eigenvalue weighted by atomic mass is 35.5. The van der Waals surface area contributed by atoms with Gasteiger partial charge in [0.25, 0.3) is 5.56 Å². The van der Waals surface area contributed by atoms with Crippen LogP contribution in [0, 0.1) is 12.3 Å². The number of aliphatic carboxylic acids is 1. The number of carboxylic acid groups (broad SMARTS) is 1. The molecule has 0 spiro atoms. The molecule has 1 N–H and O–H groups in total. The van der Waals surface area contributed by atoms with E-state index in [2.05, 4.69) is 10.9 Å². The van der Waals surface area contributed by atoms with Crippen LogP contribution in [0.15, 0.2) is 29.2 Å². The molecule has 2 rings (SSSR count). The largest absolute Gasteiger partial charge is 0.480 e. The highest BCUT2D eigenvalue weighted by molar-refractivity contribution is 6.30. The topological polar surface area (TPSA) is 74.9 Å². The van der Waals surface area contributed by atoms with Crippen LogP contribution in [-0.4, -0.2) is 38.4 Å². The van der Waals surface area contributed by atoms with Crippen LogP contribution in [0.1, 0.15) is 5.69 Å². The van der Waals surface area contributed by atoms with Crippen LogP contribution in [0.4, 0.5) is 0 Å². The van der Waals surface area contributed by atoms with Gasteiger partial charge in [0.05, 0.1) is 23.8 Å². The van der Waals surface area contributed by atoms with Crippen LogP contribution in [0.5, 0.6) is 0 Å². The normalized spacial score (nSPS) is 10.7. The number of carboxylic acids is 1. The lowest BCUT2D eigenvalue weighted by Crippen LogP contribution is -2.31. The van der Waals surface area contributed by atoms with E-state index in [1.807, 2.05) is 0 Å².